The van der Waals surface area contributed by atoms with Gasteiger partial charge >= 0.3 is 5.97 Å². The lowest BCUT2D eigenvalue weighted by molar-refractivity contribution is -0.138. The largest absolute Gasteiger partial charge is 0.480 e. The molecule has 0 aliphatic rings. The highest BCUT2D eigenvalue weighted by Crippen LogP contribution is 2.21. The molecule has 0 radical (unpaired) electrons. The standard InChI is InChI=1S/C12H17N3O4/c1-5-6-19-11-9(7(2)14-15(11)4)10(16)13-8(3)12(17)18/h5,8H,1,6H2,2-4H3,(H,13,16)(H,17,18). The van der Waals surface area contributed by atoms with Crippen LogP contribution < -0.4 is 10.1 Å². The summed E-state index contributed by atoms with van der Waals surface area (Å²) in [6, 6.07) is -0.987. The third-order valence-electron chi connectivity index (χ3n) is 2.45. The van der Waals surface area contributed by atoms with E-state index >= 15 is 0 Å². The molecule has 1 amide bonds. The van der Waals surface area contributed by atoms with Crippen molar-refractivity contribution in [1.29, 1.82) is 0 Å². The molecule has 104 valence electrons. The van der Waals surface area contributed by atoms with Gasteiger partial charge in [-0.3, -0.25) is 9.59 Å². The van der Waals surface area contributed by atoms with Gasteiger partial charge in [-0.25, -0.2) is 4.68 Å². The Balaban J connectivity index is 3.01. The van der Waals surface area contributed by atoms with E-state index in [1.165, 1.54) is 11.6 Å². The number of carbonyl (C=O) groups excluding carboxylic acids is 1. The Kier molecular flexibility index (Phi) is 4.68. The number of rotatable bonds is 6. The molecule has 1 unspecified atom stereocenters. The van der Waals surface area contributed by atoms with Crippen molar-refractivity contribution in [2.75, 3.05) is 6.61 Å². The average Bonchev–Trinajstić information content (AvgIpc) is 2.60. The lowest BCUT2D eigenvalue weighted by atomic mass is 10.2. The van der Waals surface area contributed by atoms with Gasteiger partial charge in [0.2, 0.25) is 5.88 Å². The van der Waals surface area contributed by atoms with Crippen molar-refractivity contribution in [3.05, 3.63) is 23.9 Å². The summed E-state index contributed by atoms with van der Waals surface area (Å²) in [5, 5.41) is 15.2. The summed E-state index contributed by atoms with van der Waals surface area (Å²) in [6.07, 6.45) is 1.55. The normalized spacial score (nSPS) is 11.7. The zero-order valence-electron chi connectivity index (χ0n) is 11.1. The van der Waals surface area contributed by atoms with Crippen molar-refractivity contribution in [3.8, 4) is 5.88 Å². The summed E-state index contributed by atoms with van der Waals surface area (Å²) in [5.74, 6) is -1.35. The number of hydrogen-bond donors (Lipinski definition) is 2. The minimum absolute atomic E-state index is 0.230. The van der Waals surface area contributed by atoms with E-state index in [0.29, 0.717) is 5.69 Å². The zero-order chi connectivity index (χ0) is 14.6. The second-order valence-electron chi connectivity index (χ2n) is 4.02. The molecule has 1 heterocycles. The summed E-state index contributed by atoms with van der Waals surface area (Å²) < 4.78 is 6.80. The van der Waals surface area contributed by atoms with Crippen LogP contribution in [0.25, 0.3) is 0 Å². The minimum Gasteiger partial charge on any atom is -0.480 e. The molecule has 0 bridgehead atoms. The van der Waals surface area contributed by atoms with Crippen LogP contribution in [0.4, 0.5) is 0 Å². The Bertz CT molecular complexity index is 507. The molecular weight excluding hydrogens is 250 g/mol. The van der Waals surface area contributed by atoms with Gasteiger partial charge in [0, 0.05) is 7.05 Å². The van der Waals surface area contributed by atoms with Gasteiger partial charge in [-0.15, -0.1) is 0 Å². The van der Waals surface area contributed by atoms with Crippen molar-refractivity contribution >= 4 is 11.9 Å². The van der Waals surface area contributed by atoms with Crippen LogP contribution in [-0.2, 0) is 11.8 Å². The maximum atomic E-state index is 12.0. The fourth-order valence-electron chi connectivity index (χ4n) is 1.53. The van der Waals surface area contributed by atoms with E-state index in [0.717, 1.165) is 0 Å². The Hall–Kier alpha value is -2.31. The number of aryl methyl sites for hydroxylation is 2. The molecule has 1 atom stereocenters. The van der Waals surface area contributed by atoms with Gasteiger partial charge in [-0.1, -0.05) is 12.7 Å². The highest BCUT2D eigenvalue weighted by molar-refractivity contribution is 5.99. The second kappa shape index (κ2) is 6.03. The number of nitrogens with zero attached hydrogens (tertiary/aromatic N) is 2. The van der Waals surface area contributed by atoms with Crippen molar-refractivity contribution in [2.45, 2.75) is 19.9 Å². The molecule has 0 spiro atoms. The van der Waals surface area contributed by atoms with Gasteiger partial charge in [0.25, 0.3) is 5.91 Å². The topological polar surface area (TPSA) is 93.4 Å². The maximum Gasteiger partial charge on any atom is 0.325 e. The molecule has 0 fully saturated rings. The minimum atomic E-state index is -1.11. The molecule has 7 nitrogen and oxygen atoms in total. The Labute approximate surface area is 110 Å². The lowest BCUT2D eigenvalue weighted by Crippen LogP contribution is -2.38. The number of hydrogen-bond acceptors (Lipinski definition) is 4. The Morgan fingerprint density at radius 1 is 1.63 bits per heavy atom. The summed E-state index contributed by atoms with van der Waals surface area (Å²) in [6.45, 7) is 6.79. The Morgan fingerprint density at radius 2 is 2.26 bits per heavy atom. The number of nitrogens with one attached hydrogen (secondary N) is 1. The summed E-state index contributed by atoms with van der Waals surface area (Å²) in [4.78, 5) is 22.8. The second-order valence-corrected chi connectivity index (χ2v) is 4.02. The van der Waals surface area contributed by atoms with E-state index in [9.17, 15) is 9.59 Å². The van der Waals surface area contributed by atoms with Crippen LogP contribution in [0.5, 0.6) is 5.88 Å². The van der Waals surface area contributed by atoms with Crippen LogP contribution in [0.15, 0.2) is 12.7 Å². The first kappa shape index (κ1) is 14.7. The number of ether oxygens (including phenoxy) is 1. The molecule has 0 aliphatic heterocycles. The predicted octanol–water partition coefficient (Wildman–Crippen LogP) is 0.496. The lowest BCUT2D eigenvalue weighted by Gasteiger charge is -2.10. The molecule has 0 saturated heterocycles. The first-order chi connectivity index (χ1) is 8.88. The quantitative estimate of drug-likeness (QED) is 0.732. The Morgan fingerprint density at radius 3 is 2.79 bits per heavy atom. The van der Waals surface area contributed by atoms with E-state index in [1.54, 1.807) is 20.0 Å². The number of carboxylic acids is 1. The number of aliphatic carboxylic acids is 1. The van der Waals surface area contributed by atoms with Crippen LogP contribution in [0.3, 0.4) is 0 Å². The number of aromatic nitrogens is 2. The zero-order valence-corrected chi connectivity index (χ0v) is 11.1. The van der Waals surface area contributed by atoms with Crippen LogP contribution in [0.1, 0.15) is 23.0 Å². The van der Waals surface area contributed by atoms with Crippen LogP contribution in [-0.4, -0.2) is 39.4 Å². The van der Waals surface area contributed by atoms with Crippen LogP contribution in [0, 0.1) is 6.92 Å². The van der Waals surface area contributed by atoms with Crippen LogP contribution >= 0.6 is 0 Å². The number of carbonyl (C=O) groups is 2. The first-order valence-corrected chi connectivity index (χ1v) is 5.69. The van der Waals surface area contributed by atoms with Gasteiger partial charge in [-0.2, -0.15) is 5.10 Å². The molecule has 0 aliphatic carbocycles. The highest BCUT2D eigenvalue weighted by atomic mass is 16.5. The molecule has 0 saturated carbocycles. The van der Waals surface area contributed by atoms with Crippen molar-refractivity contribution in [1.82, 2.24) is 15.1 Å². The maximum absolute atomic E-state index is 12.0. The SMILES string of the molecule is C=CCOc1c(C(=O)NC(C)C(=O)O)c(C)nn1C. The number of amides is 1. The molecule has 2 N–H and O–H groups in total. The monoisotopic (exact) mass is 267 g/mol. The first-order valence-electron chi connectivity index (χ1n) is 5.69. The molecule has 7 heteroatoms. The van der Waals surface area contributed by atoms with E-state index < -0.39 is 17.9 Å². The molecule has 19 heavy (non-hydrogen) atoms. The molecule has 1 rings (SSSR count). The van der Waals surface area contributed by atoms with Gasteiger partial charge in [0.1, 0.15) is 18.2 Å². The van der Waals surface area contributed by atoms with Gasteiger partial charge in [0.05, 0.1) is 5.69 Å². The van der Waals surface area contributed by atoms with Crippen molar-refractivity contribution in [3.63, 3.8) is 0 Å². The van der Waals surface area contributed by atoms with Crippen molar-refractivity contribution < 1.29 is 19.4 Å². The van der Waals surface area contributed by atoms with Gasteiger partial charge in [-0.05, 0) is 13.8 Å². The van der Waals surface area contributed by atoms with E-state index in [2.05, 4.69) is 17.0 Å². The average molecular weight is 267 g/mol. The molecule has 1 aromatic rings. The summed E-state index contributed by atoms with van der Waals surface area (Å²) in [7, 11) is 1.64. The fraction of sp³-hybridized carbons (Fsp3) is 0.417. The fourth-order valence-corrected chi connectivity index (χ4v) is 1.53. The smallest absolute Gasteiger partial charge is 0.325 e. The third kappa shape index (κ3) is 3.34. The van der Waals surface area contributed by atoms with Gasteiger partial charge in [0.15, 0.2) is 0 Å². The molecule has 0 aromatic carbocycles. The molecular formula is C12H17N3O4. The highest BCUT2D eigenvalue weighted by Gasteiger charge is 2.24. The summed E-state index contributed by atoms with van der Waals surface area (Å²) in [5.41, 5.74) is 0.703. The summed E-state index contributed by atoms with van der Waals surface area (Å²) >= 11 is 0. The van der Waals surface area contributed by atoms with Crippen LogP contribution in [0.2, 0.25) is 0 Å². The predicted molar refractivity (Wildman–Crippen MR) is 68.2 cm³/mol. The number of carboxylic acid groups (broad SMARTS) is 1. The third-order valence-corrected chi connectivity index (χ3v) is 2.45. The van der Waals surface area contributed by atoms with E-state index in [-0.39, 0.29) is 18.1 Å². The van der Waals surface area contributed by atoms with E-state index in [1.807, 2.05) is 0 Å². The van der Waals surface area contributed by atoms with Crippen molar-refractivity contribution in [2.24, 2.45) is 7.05 Å². The van der Waals surface area contributed by atoms with E-state index in [4.69, 9.17) is 9.84 Å². The molecule has 1 aromatic heterocycles. The van der Waals surface area contributed by atoms with Gasteiger partial charge < -0.3 is 15.2 Å².